The van der Waals surface area contributed by atoms with Gasteiger partial charge in [-0.3, -0.25) is 0 Å². The largest absolute Gasteiger partial charge is 0.204 e. The fraction of sp³-hybridized carbons (Fsp3) is 0.630. The summed E-state index contributed by atoms with van der Waals surface area (Å²) < 4.78 is 39.4. The lowest BCUT2D eigenvalue weighted by Crippen LogP contribution is -2.17. The second-order valence-electron chi connectivity index (χ2n) is 9.42. The SMILES string of the molecule is CCC[C@H]1CC[C@H](CCC2CCC(/C=C/C#Cc3cc(F)c(F)c(F)c3)CC2)CC1. The molecule has 0 amide bonds. The molecule has 2 saturated carbocycles. The quantitative estimate of drug-likeness (QED) is 0.324. The van der Waals surface area contributed by atoms with Gasteiger partial charge in [-0.2, -0.15) is 0 Å². The molecule has 2 aliphatic rings. The summed E-state index contributed by atoms with van der Waals surface area (Å²) in [5.41, 5.74) is 0.156. The first kappa shape index (κ1) is 23.0. The minimum absolute atomic E-state index is 0.156. The zero-order valence-electron chi connectivity index (χ0n) is 18.2. The van der Waals surface area contributed by atoms with Crippen LogP contribution in [-0.4, -0.2) is 0 Å². The van der Waals surface area contributed by atoms with Crippen LogP contribution in [0.1, 0.15) is 89.5 Å². The first-order valence-corrected chi connectivity index (χ1v) is 11.9. The first-order valence-electron chi connectivity index (χ1n) is 11.9. The number of halogens is 3. The molecule has 3 rings (SSSR count). The molecular weight excluding hydrogens is 381 g/mol. The van der Waals surface area contributed by atoms with Crippen LogP contribution in [0.2, 0.25) is 0 Å². The fourth-order valence-corrected chi connectivity index (χ4v) is 5.29. The molecule has 30 heavy (non-hydrogen) atoms. The fourth-order valence-electron chi connectivity index (χ4n) is 5.29. The van der Waals surface area contributed by atoms with Crippen molar-refractivity contribution >= 4 is 0 Å². The normalized spacial score (nSPS) is 27.1. The van der Waals surface area contributed by atoms with Gasteiger partial charge in [-0.05, 0) is 67.6 Å². The molecule has 1 aromatic rings. The van der Waals surface area contributed by atoms with Gasteiger partial charge in [-0.25, -0.2) is 13.2 Å². The molecule has 0 saturated heterocycles. The van der Waals surface area contributed by atoms with Crippen molar-refractivity contribution < 1.29 is 13.2 Å². The lowest BCUT2D eigenvalue weighted by Gasteiger charge is -2.31. The molecule has 164 valence electrons. The Morgan fingerprint density at radius 1 is 0.800 bits per heavy atom. The highest BCUT2D eigenvalue weighted by molar-refractivity contribution is 5.37. The van der Waals surface area contributed by atoms with Crippen LogP contribution in [0.25, 0.3) is 0 Å². The van der Waals surface area contributed by atoms with E-state index in [4.69, 9.17) is 0 Å². The molecule has 2 fully saturated rings. The number of hydrogen-bond donors (Lipinski definition) is 0. The zero-order valence-corrected chi connectivity index (χ0v) is 18.2. The molecule has 0 heterocycles. The third-order valence-corrected chi connectivity index (χ3v) is 7.19. The van der Waals surface area contributed by atoms with Crippen LogP contribution >= 0.6 is 0 Å². The number of rotatable bonds is 6. The van der Waals surface area contributed by atoms with E-state index in [1.54, 1.807) is 6.08 Å². The highest BCUT2D eigenvalue weighted by Gasteiger charge is 2.23. The maximum absolute atomic E-state index is 13.2. The summed E-state index contributed by atoms with van der Waals surface area (Å²) in [4.78, 5) is 0. The lowest BCUT2D eigenvalue weighted by atomic mass is 9.75. The van der Waals surface area contributed by atoms with Gasteiger partial charge in [0.15, 0.2) is 17.5 Å². The van der Waals surface area contributed by atoms with E-state index in [-0.39, 0.29) is 5.56 Å². The molecule has 0 bridgehead atoms. The van der Waals surface area contributed by atoms with Crippen molar-refractivity contribution in [1.29, 1.82) is 0 Å². The zero-order chi connectivity index (χ0) is 21.3. The monoisotopic (exact) mass is 416 g/mol. The molecule has 0 atom stereocenters. The Morgan fingerprint density at radius 3 is 1.83 bits per heavy atom. The van der Waals surface area contributed by atoms with Gasteiger partial charge in [0.2, 0.25) is 0 Å². The molecule has 2 aliphatic carbocycles. The molecule has 3 heteroatoms. The Bertz CT molecular complexity index is 731. The standard InChI is InChI=1S/C27H35F3/c1-2-5-20-8-12-22(13-9-20)16-17-23-14-10-21(11-15-23)6-3-4-7-24-18-25(28)27(30)26(29)19-24/h3,6,18-23H,2,5,8-17H2,1H3/b6-3+/t20-,21?,22-,23?. The number of hydrogen-bond acceptors (Lipinski definition) is 0. The van der Waals surface area contributed by atoms with Gasteiger partial charge in [0, 0.05) is 5.56 Å². The van der Waals surface area contributed by atoms with Gasteiger partial charge >= 0.3 is 0 Å². The van der Waals surface area contributed by atoms with Gasteiger partial charge in [0.25, 0.3) is 0 Å². The smallest absolute Gasteiger partial charge is 0.194 e. The van der Waals surface area contributed by atoms with E-state index >= 15 is 0 Å². The summed E-state index contributed by atoms with van der Waals surface area (Å²) in [6.07, 6.45) is 20.2. The molecule has 0 radical (unpaired) electrons. The molecular formula is C27H35F3. The van der Waals surface area contributed by atoms with E-state index < -0.39 is 17.5 Å². The minimum Gasteiger partial charge on any atom is -0.204 e. The van der Waals surface area contributed by atoms with Crippen LogP contribution in [0.15, 0.2) is 24.3 Å². The molecule has 0 unspecified atom stereocenters. The van der Waals surface area contributed by atoms with Crippen molar-refractivity contribution in [2.75, 3.05) is 0 Å². The van der Waals surface area contributed by atoms with Crippen LogP contribution in [0.3, 0.4) is 0 Å². The Hall–Kier alpha value is -1.69. The summed E-state index contributed by atoms with van der Waals surface area (Å²) in [6, 6.07) is 1.86. The van der Waals surface area contributed by atoms with Gasteiger partial charge in [0.1, 0.15) is 0 Å². The van der Waals surface area contributed by atoms with E-state index in [9.17, 15) is 13.2 Å². The van der Waals surface area contributed by atoms with Crippen molar-refractivity contribution in [1.82, 2.24) is 0 Å². The molecule has 0 N–H and O–H groups in total. The average molecular weight is 417 g/mol. The number of allylic oxidation sites excluding steroid dienone is 2. The third kappa shape index (κ3) is 6.93. The Balaban J connectivity index is 1.35. The predicted octanol–water partition coefficient (Wildman–Crippen LogP) is 8.20. The summed E-state index contributed by atoms with van der Waals surface area (Å²) in [5.74, 6) is 5.05. The lowest BCUT2D eigenvalue weighted by molar-refractivity contribution is 0.221. The molecule has 0 nitrogen and oxygen atoms in total. The molecule has 1 aromatic carbocycles. The van der Waals surface area contributed by atoms with Gasteiger partial charge in [-0.1, -0.05) is 76.2 Å². The summed E-state index contributed by atoms with van der Waals surface area (Å²) in [6.45, 7) is 2.30. The van der Waals surface area contributed by atoms with Crippen LogP contribution in [0.4, 0.5) is 13.2 Å². The van der Waals surface area contributed by atoms with Crippen LogP contribution in [0, 0.1) is 53.0 Å². The first-order chi connectivity index (χ1) is 14.5. The second-order valence-corrected chi connectivity index (χ2v) is 9.42. The highest BCUT2D eigenvalue weighted by atomic mass is 19.2. The van der Waals surface area contributed by atoms with Gasteiger partial charge in [0.05, 0.1) is 0 Å². The van der Waals surface area contributed by atoms with Crippen molar-refractivity contribution in [2.45, 2.75) is 84.0 Å². The summed E-state index contributed by atoms with van der Waals surface area (Å²) in [7, 11) is 0. The van der Waals surface area contributed by atoms with Crippen LogP contribution in [-0.2, 0) is 0 Å². The molecule has 0 spiro atoms. The summed E-state index contributed by atoms with van der Waals surface area (Å²) >= 11 is 0. The van der Waals surface area contributed by atoms with Crippen molar-refractivity contribution in [3.05, 3.63) is 47.3 Å². The van der Waals surface area contributed by atoms with E-state index in [1.165, 1.54) is 77.0 Å². The number of benzene rings is 1. The van der Waals surface area contributed by atoms with Crippen LogP contribution < -0.4 is 0 Å². The third-order valence-electron chi connectivity index (χ3n) is 7.19. The maximum atomic E-state index is 13.2. The molecule has 0 aliphatic heterocycles. The van der Waals surface area contributed by atoms with Crippen LogP contribution in [0.5, 0.6) is 0 Å². The van der Waals surface area contributed by atoms with Crippen molar-refractivity contribution in [3.63, 3.8) is 0 Å². The van der Waals surface area contributed by atoms with Gasteiger partial charge < -0.3 is 0 Å². The van der Waals surface area contributed by atoms with E-state index in [0.29, 0.717) is 5.92 Å². The maximum Gasteiger partial charge on any atom is 0.194 e. The minimum atomic E-state index is -1.45. The Morgan fingerprint density at radius 2 is 1.30 bits per heavy atom. The Labute approximate surface area is 180 Å². The highest BCUT2D eigenvalue weighted by Crippen LogP contribution is 2.37. The van der Waals surface area contributed by atoms with Crippen molar-refractivity contribution in [2.24, 2.45) is 23.7 Å². The van der Waals surface area contributed by atoms with E-state index in [1.807, 2.05) is 0 Å². The van der Waals surface area contributed by atoms with E-state index in [2.05, 4.69) is 24.8 Å². The van der Waals surface area contributed by atoms with Crippen molar-refractivity contribution in [3.8, 4) is 11.8 Å². The van der Waals surface area contributed by atoms with Gasteiger partial charge in [-0.15, -0.1) is 0 Å². The predicted molar refractivity (Wildman–Crippen MR) is 117 cm³/mol. The topological polar surface area (TPSA) is 0 Å². The second kappa shape index (κ2) is 11.6. The summed E-state index contributed by atoms with van der Waals surface area (Å²) in [5, 5.41) is 0. The molecule has 0 aromatic heterocycles. The Kier molecular flexibility index (Phi) is 8.91. The average Bonchev–Trinajstić information content (AvgIpc) is 2.75. The van der Waals surface area contributed by atoms with E-state index in [0.717, 1.165) is 29.9 Å².